The molecule has 4 unspecified atom stereocenters. The third-order valence-corrected chi connectivity index (χ3v) is 5.59. The maximum atomic E-state index is 12.5. The molecule has 0 amide bonds. The van der Waals surface area contributed by atoms with E-state index in [-0.39, 0.29) is 17.1 Å². The molecule has 24 heavy (non-hydrogen) atoms. The molecule has 1 aromatic rings. The summed E-state index contributed by atoms with van der Waals surface area (Å²) in [7, 11) is 3.08. The lowest BCUT2D eigenvalue weighted by Gasteiger charge is -2.24. The van der Waals surface area contributed by atoms with Gasteiger partial charge in [0, 0.05) is 0 Å². The van der Waals surface area contributed by atoms with E-state index >= 15 is 0 Å². The van der Waals surface area contributed by atoms with Gasteiger partial charge in [-0.2, -0.15) is 9.97 Å². The van der Waals surface area contributed by atoms with Crippen molar-refractivity contribution in [2.75, 3.05) is 20.8 Å². The number of nitrogens with zero attached hydrogens (tertiary/aromatic N) is 2. The van der Waals surface area contributed by atoms with Crippen LogP contribution in [0.3, 0.4) is 0 Å². The summed E-state index contributed by atoms with van der Waals surface area (Å²) in [6.45, 7) is 6.63. The van der Waals surface area contributed by atoms with Gasteiger partial charge in [-0.05, 0) is 37.5 Å². The predicted molar refractivity (Wildman–Crippen MR) is 92.5 cm³/mol. The number of aromatic nitrogens is 2. The first kappa shape index (κ1) is 18.8. The zero-order chi connectivity index (χ0) is 17.7. The SMILES string of the molecule is CCOC(=O)C(Sc1nc(OC)cc(OC)n1)C1CC(C)CC1C. The van der Waals surface area contributed by atoms with Crippen LogP contribution in [0.1, 0.15) is 33.6 Å². The van der Waals surface area contributed by atoms with Gasteiger partial charge in [-0.15, -0.1) is 0 Å². The summed E-state index contributed by atoms with van der Waals surface area (Å²) >= 11 is 1.34. The number of carbonyl (C=O) groups excluding carboxylic acids is 1. The summed E-state index contributed by atoms with van der Waals surface area (Å²) in [6.07, 6.45) is 2.14. The molecule has 2 rings (SSSR count). The normalized spacial score (nSPS) is 24.5. The van der Waals surface area contributed by atoms with Gasteiger partial charge >= 0.3 is 5.97 Å². The number of thioether (sulfide) groups is 1. The van der Waals surface area contributed by atoms with Gasteiger partial charge in [-0.3, -0.25) is 4.79 Å². The van der Waals surface area contributed by atoms with Gasteiger partial charge in [0.2, 0.25) is 11.8 Å². The second kappa shape index (κ2) is 8.55. The molecule has 1 heterocycles. The molecule has 1 aromatic heterocycles. The zero-order valence-electron chi connectivity index (χ0n) is 14.9. The Balaban J connectivity index is 2.26. The Kier molecular flexibility index (Phi) is 6.71. The Morgan fingerprint density at radius 3 is 2.33 bits per heavy atom. The van der Waals surface area contributed by atoms with Crippen molar-refractivity contribution in [2.45, 2.75) is 44.0 Å². The Morgan fingerprint density at radius 1 is 1.25 bits per heavy atom. The van der Waals surface area contributed by atoms with Crippen LogP contribution in [0, 0.1) is 17.8 Å². The molecule has 0 aliphatic heterocycles. The molecule has 1 aliphatic rings. The van der Waals surface area contributed by atoms with E-state index in [4.69, 9.17) is 14.2 Å². The number of esters is 1. The lowest BCUT2D eigenvalue weighted by molar-refractivity contribution is -0.143. The Hall–Kier alpha value is -1.50. The first-order valence-corrected chi connectivity index (χ1v) is 9.16. The summed E-state index contributed by atoms with van der Waals surface area (Å²) in [5.74, 6) is 1.97. The summed E-state index contributed by atoms with van der Waals surface area (Å²) in [5, 5.41) is 0.151. The van der Waals surface area contributed by atoms with E-state index in [1.807, 2.05) is 6.92 Å². The minimum atomic E-state index is -0.318. The Labute approximate surface area is 147 Å². The summed E-state index contributed by atoms with van der Waals surface area (Å²) in [5.41, 5.74) is 0. The molecule has 0 N–H and O–H groups in total. The highest BCUT2D eigenvalue weighted by Crippen LogP contribution is 2.43. The van der Waals surface area contributed by atoms with Crippen LogP contribution in [0.2, 0.25) is 0 Å². The third kappa shape index (κ3) is 4.53. The van der Waals surface area contributed by atoms with Crippen molar-refractivity contribution in [2.24, 2.45) is 17.8 Å². The molecule has 134 valence electrons. The molecule has 0 aromatic carbocycles. The Morgan fingerprint density at radius 2 is 1.88 bits per heavy atom. The van der Waals surface area contributed by atoms with Crippen LogP contribution in [0.5, 0.6) is 11.8 Å². The molecule has 1 saturated carbocycles. The molecule has 7 heteroatoms. The van der Waals surface area contributed by atoms with Crippen molar-refractivity contribution in [3.8, 4) is 11.8 Å². The van der Waals surface area contributed by atoms with Crippen LogP contribution >= 0.6 is 11.8 Å². The monoisotopic (exact) mass is 354 g/mol. The zero-order valence-corrected chi connectivity index (χ0v) is 15.8. The molecular formula is C17H26N2O4S. The topological polar surface area (TPSA) is 70.5 Å². The van der Waals surface area contributed by atoms with Crippen molar-refractivity contribution >= 4 is 17.7 Å². The van der Waals surface area contributed by atoms with E-state index in [9.17, 15) is 4.79 Å². The van der Waals surface area contributed by atoms with Gasteiger partial charge in [-0.25, -0.2) is 0 Å². The molecule has 1 aliphatic carbocycles. The van der Waals surface area contributed by atoms with Crippen molar-refractivity contribution in [1.82, 2.24) is 9.97 Å². The number of rotatable bonds is 7. The molecule has 1 fully saturated rings. The minimum Gasteiger partial charge on any atom is -0.481 e. The number of carbonyl (C=O) groups is 1. The summed E-state index contributed by atoms with van der Waals surface area (Å²) in [6, 6.07) is 1.61. The maximum Gasteiger partial charge on any atom is 0.319 e. The molecule has 0 bridgehead atoms. The van der Waals surface area contributed by atoms with Crippen molar-refractivity contribution < 1.29 is 19.0 Å². The van der Waals surface area contributed by atoms with Gasteiger partial charge < -0.3 is 14.2 Å². The smallest absolute Gasteiger partial charge is 0.319 e. The van der Waals surface area contributed by atoms with Crippen molar-refractivity contribution in [3.05, 3.63) is 6.07 Å². The largest absolute Gasteiger partial charge is 0.481 e. The Bertz CT molecular complexity index is 547. The van der Waals surface area contributed by atoms with E-state index < -0.39 is 0 Å². The van der Waals surface area contributed by atoms with Crippen LogP contribution in [0.4, 0.5) is 0 Å². The van der Waals surface area contributed by atoms with Crippen LogP contribution in [-0.4, -0.2) is 42.0 Å². The first-order chi connectivity index (χ1) is 11.5. The predicted octanol–water partition coefficient (Wildman–Crippen LogP) is 3.20. The standard InChI is InChI=1S/C17H26N2O4S/c1-6-23-16(20)15(12-8-10(2)7-11(12)3)24-17-18-13(21-4)9-14(19-17)22-5/h9-12,15H,6-8H2,1-5H3. The highest BCUT2D eigenvalue weighted by molar-refractivity contribution is 8.00. The van der Waals surface area contributed by atoms with E-state index in [1.54, 1.807) is 20.3 Å². The van der Waals surface area contributed by atoms with Gasteiger partial charge in [0.15, 0.2) is 5.16 Å². The van der Waals surface area contributed by atoms with Crippen LogP contribution < -0.4 is 9.47 Å². The number of hydrogen-bond donors (Lipinski definition) is 0. The van der Waals surface area contributed by atoms with Gasteiger partial charge in [0.1, 0.15) is 5.25 Å². The molecule has 0 saturated heterocycles. The summed E-state index contributed by atoms with van der Waals surface area (Å²) in [4.78, 5) is 21.2. The lowest BCUT2D eigenvalue weighted by Crippen LogP contribution is -2.30. The fourth-order valence-electron chi connectivity index (χ4n) is 3.32. The number of hydrogen-bond acceptors (Lipinski definition) is 7. The van der Waals surface area contributed by atoms with Crippen LogP contribution in [-0.2, 0) is 9.53 Å². The van der Waals surface area contributed by atoms with Gasteiger partial charge in [0.25, 0.3) is 0 Å². The molecule has 0 radical (unpaired) electrons. The third-order valence-electron chi connectivity index (χ3n) is 4.40. The fraction of sp³-hybridized carbons (Fsp3) is 0.706. The average Bonchev–Trinajstić information content (AvgIpc) is 2.90. The van der Waals surface area contributed by atoms with E-state index in [0.717, 1.165) is 12.8 Å². The summed E-state index contributed by atoms with van der Waals surface area (Å²) < 4.78 is 15.7. The van der Waals surface area contributed by atoms with E-state index in [0.29, 0.717) is 35.4 Å². The molecule has 0 spiro atoms. The molecule has 4 atom stereocenters. The lowest BCUT2D eigenvalue weighted by atomic mass is 9.94. The van der Waals surface area contributed by atoms with Gasteiger partial charge in [0.05, 0.1) is 26.9 Å². The second-order valence-corrected chi connectivity index (χ2v) is 7.35. The average molecular weight is 354 g/mol. The van der Waals surface area contributed by atoms with Gasteiger partial charge in [-0.1, -0.05) is 25.6 Å². The van der Waals surface area contributed by atoms with Crippen molar-refractivity contribution in [1.29, 1.82) is 0 Å². The second-order valence-electron chi connectivity index (χ2n) is 6.24. The minimum absolute atomic E-state index is 0.196. The molecule has 6 nitrogen and oxygen atoms in total. The quantitative estimate of drug-likeness (QED) is 0.423. The highest BCUT2D eigenvalue weighted by atomic mass is 32.2. The van der Waals surface area contributed by atoms with Crippen LogP contribution in [0.25, 0.3) is 0 Å². The van der Waals surface area contributed by atoms with E-state index in [2.05, 4.69) is 23.8 Å². The van der Waals surface area contributed by atoms with Crippen molar-refractivity contribution in [3.63, 3.8) is 0 Å². The first-order valence-electron chi connectivity index (χ1n) is 8.28. The van der Waals surface area contributed by atoms with Crippen LogP contribution in [0.15, 0.2) is 11.2 Å². The fourth-order valence-corrected chi connectivity index (χ4v) is 4.55. The maximum absolute atomic E-state index is 12.5. The molecular weight excluding hydrogens is 328 g/mol. The number of methoxy groups -OCH3 is 2. The number of ether oxygens (including phenoxy) is 3. The van der Waals surface area contributed by atoms with E-state index in [1.165, 1.54) is 11.8 Å². The highest BCUT2D eigenvalue weighted by Gasteiger charge is 2.40.